The van der Waals surface area contributed by atoms with Gasteiger partial charge in [0.25, 0.3) is 0 Å². The quantitative estimate of drug-likeness (QED) is 0.384. The molecule has 4 aromatic rings. The number of aliphatic carboxylic acids is 1. The van der Waals surface area contributed by atoms with Gasteiger partial charge in [-0.2, -0.15) is 4.31 Å². The summed E-state index contributed by atoms with van der Waals surface area (Å²) in [6, 6.07) is 18.7. The molecule has 38 heavy (non-hydrogen) atoms. The second-order valence-electron chi connectivity index (χ2n) is 9.68. The highest BCUT2D eigenvalue weighted by atomic mass is 32.2. The summed E-state index contributed by atoms with van der Waals surface area (Å²) < 4.78 is 30.6. The van der Waals surface area contributed by atoms with E-state index in [1.54, 1.807) is 16.8 Å². The van der Waals surface area contributed by atoms with Crippen molar-refractivity contribution >= 4 is 32.7 Å². The molecule has 1 aromatic heterocycles. The molecule has 0 saturated heterocycles. The van der Waals surface area contributed by atoms with E-state index in [0.29, 0.717) is 30.0 Å². The summed E-state index contributed by atoms with van der Waals surface area (Å²) in [6.45, 7) is 5.84. The van der Waals surface area contributed by atoms with E-state index in [4.69, 9.17) is 0 Å². The Bertz CT molecular complexity index is 1610. The third-order valence-electron chi connectivity index (χ3n) is 7.36. The number of fused-ring (bicyclic) bond motifs is 2. The van der Waals surface area contributed by atoms with E-state index < -0.39 is 21.9 Å². The van der Waals surface area contributed by atoms with E-state index in [2.05, 4.69) is 15.2 Å². The maximum atomic E-state index is 13.7. The largest absolute Gasteiger partial charge is 0.481 e. The van der Waals surface area contributed by atoms with Crippen LogP contribution in [0.2, 0.25) is 0 Å². The third kappa shape index (κ3) is 4.77. The van der Waals surface area contributed by atoms with Crippen molar-refractivity contribution in [2.24, 2.45) is 7.05 Å². The summed E-state index contributed by atoms with van der Waals surface area (Å²) >= 11 is 0. The number of aryl methyl sites for hydroxylation is 2. The lowest BCUT2D eigenvalue weighted by atomic mass is 9.86. The van der Waals surface area contributed by atoms with Crippen LogP contribution in [-0.4, -0.2) is 58.4 Å². The molecule has 1 N–H and O–H groups in total. The molecule has 1 atom stereocenters. The van der Waals surface area contributed by atoms with Crippen LogP contribution in [0, 0.1) is 6.92 Å². The molecule has 10 heteroatoms. The first kappa shape index (κ1) is 25.9. The maximum absolute atomic E-state index is 13.7. The van der Waals surface area contributed by atoms with Crippen molar-refractivity contribution < 1.29 is 18.3 Å². The van der Waals surface area contributed by atoms with Gasteiger partial charge in [-0.05, 0) is 60.4 Å². The van der Waals surface area contributed by atoms with Crippen LogP contribution >= 0.6 is 0 Å². The lowest BCUT2D eigenvalue weighted by molar-refractivity contribution is -0.137. The highest BCUT2D eigenvalue weighted by Crippen LogP contribution is 2.34. The van der Waals surface area contributed by atoms with E-state index >= 15 is 0 Å². The van der Waals surface area contributed by atoms with Crippen molar-refractivity contribution in [3.8, 4) is 0 Å². The van der Waals surface area contributed by atoms with Gasteiger partial charge in [-0.3, -0.25) is 4.79 Å². The van der Waals surface area contributed by atoms with Gasteiger partial charge in [0, 0.05) is 39.1 Å². The number of rotatable bonds is 7. The summed E-state index contributed by atoms with van der Waals surface area (Å²) in [5.41, 5.74) is 5.73. The Kier molecular flexibility index (Phi) is 6.93. The monoisotopic (exact) mass is 533 g/mol. The molecule has 1 aliphatic rings. The van der Waals surface area contributed by atoms with Crippen LogP contribution in [0.3, 0.4) is 0 Å². The molecule has 2 heterocycles. The van der Waals surface area contributed by atoms with Gasteiger partial charge in [0.1, 0.15) is 10.4 Å². The van der Waals surface area contributed by atoms with Crippen LogP contribution in [0.15, 0.2) is 65.6 Å². The molecule has 0 spiro atoms. The summed E-state index contributed by atoms with van der Waals surface area (Å²) in [6.07, 6.45) is -0.102. The average molecular weight is 534 g/mol. The zero-order valence-electron chi connectivity index (χ0n) is 21.7. The molecule has 198 valence electrons. The third-order valence-corrected chi connectivity index (χ3v) is 9.26. The smallest absolute Gasteiger partial charge is 0.304 e. The van der Waals surface area contributed by atoms with Crippen LogP contribution in [0.1, 0.15) is 41.5 Å². The second kappa shape index (κ2) is 10.2. The molecule has 0 radical (unpaired) electrons. The van der Waals surface area contributed by atoms with E-state index in [0.717, 1.165) is 33.5 Å². The van der Waals surface area contributed by atoms with Crippen molar-refractivity contribution in [1.82, 2.24) is 19.3 Å². The fourth-order valence-electron chi connectivity index (χ4n) is 5.19. The molecule has 0 fully saturated rings. The first-order chi connectivity index (χ1) is 18.2. The molecular formula is C28H31N5O4S. The first-order valence-corrected chi connectivity index (χ1v) is 14.1. The van der Waals surface area contributed by atoms with E-state index in [1.165, 1.54) is 4.31 Å². The Morgan fingerprint density at radius 3 is 2.55 bits per heavy atom. The first-order valence-electron chi connectivity index (χ1n) is 12.6. The van der Waals surface area contributed by atoms with Crippen LogP contribution < -0.4 is 4.90 Å². The van der Waals surface area contributed by atoms with Gasteiger partial charge in [0.2, 0.25) is 10.0 Å². The Balaban J connectivity index is 1.52. The van der Waals surface area contributed by atoms with Crippen LogP contribution in [0.25, 0.3) is 11.0 Å². The zero-order valence-corrected chi connectivity index (χ0v) is 22.5. The van der Waals surface area contributed by atoms with Gasteiger partial charge in [-0.25, -0.2) is 13.1 Å². The summed E-state index contributed by atoms with van der Waals surface area (Å²) in [4.78, 5) is 14.3. The van der Waals surface area contributed by atoms with Gasteiger partial charge in [0.15, 0.2) is 0 Å². The number of hydrogen-bond donors (Lipinski definition) is 1. The van der Waals surface area contributed by atoms with Crippen molar-refractivity contribution in [2.45, 2.75) is 37.6 Å². The summed E-state index contributed by atoms with van der Waals surface area (Å²) in [7, 11) is -1.91. The number of carboxylic acid groups (broad SMARTS) is 1. The van der Waals surface area contributed by atoms with Crippen LogP contribution in [-0.2, 0) is 28.4 Å². The van der Waals surface area contributed by atoms with Crippen molar-refractivity contribution in [2.75, 3.05) is 24.5 Å². The molecule has 3 aromatic carbocycles. The molecule has 9 nitrogen and oxygen atoms in total. The number of carboxylic acids is 1. The number of aromatic nitrogens is 3. The Hall–Kier alpha value is -3.76. The van der Waals surface area contributed by atoms with Crippen LogP contribution in [0.4, 0.5) is 5.69 Å². The number of benzene rings is 3. The van der Waals surface area contributed by atoms with Crippen molar-refractivity contribution in [1.29, 1.82) is 0 Å². The number of carbonyl (C=O) groups is 1. The molecule has 0 bridgehead atoms. The summed E-state index contributed by atoms with van der Waals surface area (Å²) in [5, 5.41) is 18.0. The van der Waals surface area contributed by atoms with Gasteiger partial charge in [-0.1, -0.05) is 41.6 Å². The Labute approximate surface area is 222 Å². The fraction of sp³-hybridized carbons (Fsp3) is 0.321. The minimum absolute atomic E-state index is 0.102. The van der Waals surface area contributed by atoms with Crippen molar-refractivity contribution in [3.05, 3.63) is 82.9 Å². The number of anilines is 1. The van der Waals surface area contributed by atoms with E-state index in [-0.39, 0.29) is 13.0 Å². The molecule has 0 amide bonds. The van der Waals surface area contributed by atoms with Gasteiger partial charge in [-0.15, -0.1) is 5.10 Å². The minimum Gasteiger partial charge on any atom is -0.481 e. The number of hydrogen-bond acceptors (Lipinski definition) is 6. The molecule has 0 aliphatic carbocycles. The molecule has 1 aliphatic heterocycles. The zero-order chi connectivity index (χ0) is 27.0. The van der Waals surface area contributed by atoms with E-state index in [1.807, 2.05) is 69.4 Å². The molecule has 1 unspecified atom stereocenters. The Morgan fingerprint density at radius 2 is 1.79 bits per heavy atom. The van der Waals surface area contributed by atoms with E-state index in [9.17, 15) is 18.3 Å². The SMILES string of the molecule is CCN1CCN(Cc2cc(C(CC(=O)O)c3ccc4c(c3)nnn4C)ccc2C)S(=O)(=O)c2ccccc21. The normalized spacial score (nSPS) is 16.2. The Morgan fingerprint density at radius 1 is 1.05 bits per heavy atom. The number of para-hydroxylation sites is 1. The van der Waals surface area contributed by atoms with Crippen molar-refractivity contribution in [3.63, 3.8) is 0 Å². The second-order valence-corrected chi connectivity index (χ2v) is 11.6. The highest BCUT2D eigenvalue weighted by molar-refractivity contribution is 7.89. The maximum Gasteiger partial charge on any atom is 0.304 e. The lowest BCUT2D eigenvalue weighted by Gasteiger charge is -2.23. The lowest BCUT2D eigenvalue weighted by Crippen LogP contribution is -2.34. The fourth-order valence-corrected chi connectivity index (χ4v) is 6.81. The average Bonchev–Trinajstić information content (AvgIpc) is 3.23. The predicted molar refractivity (Wildman–Crippen MR) is 146 cm³/mol. The number of nitrogens with zero attached hydrogens (tertiary/aromatic N) is 5. The predicted octanol–water partition coefficient (Wildman–Crippen LogP) is 3.91. The highest BCUT2D eigenvalue weighted by Gasteiger charge is 2.32. The topological polar surface area (TPSA) is 109 Å². The minimum atomic E-state index is -3.72. The molecule has 0 saturated carbocycles. The van der Waals surface area contributed by atoms with Gasteiger partial charge in [0.05, 0.1) is 17.6 Å². The van der Waals surface area contributed by atoms with Crippen LogP contribution in [0.5, 0.6) is 0 Å². The summed E-state index contributed by atoms with van der Waals surface area (Å²) in [5.74, 6) is -1.34. The molecular weight excluding hydrogens is 502 g/mol. The van der Waals surface area contributed by atoms with Gasteiger partial charge >= 0.3 is 5.97 Å². The van der Waals surface area contributed by atoms with Gasteiger partial charge < -0.3 is 10.0 Å². The number of likely N-dealkylation sites (N-methyl/N-ethyl adjacent to an activating group) is 1. The standard InChI is InChI=1S/C28H31N5O4S/c1-4-32-13-14-33(38(36,37)27-8-6-5-7-26(27)32)18-22-15-20(10-9-19(22)2)23(17-28(34)35)21-11-12-25-24(16-21)29-30-31(25)3/h5-12,15-16,23H,4,13-14,17-18H2,1-3H3,(H,34,35). The molecule has 5 rings (SSSR count). The number of sulfonamides is 1.